The number of nitrogens with two attached hydrogens (primary N) is 1. The van der Waals surface area contributed by atoms with Gasteiger partial charge < -0.3 is 20.5 Å². The van der Waals surface area contributed by atoms with Crippen LogP contribution in [0.15, 0.2) is 34.9 Å². The van der Waals surface area contributed by atoms with E-state index in [0.717, 1.165) is 5.56 Å². The van der Waals surface area contributed by atoms with E-state index >= 15 is 4.39 Å². The zero-order valence-corrected chi connectivity index (χ0v) is 15.3. The van der Waals surface area contributed by atoms with Gasteiger partial charge in [-0.3, -0.25) is 4.79 Å². The van der Waals surface area contributed by atoms with Gasteiger partial charge in [0.05, 0.1) is 6.54 Å². The van der Waals surface area contributed by atoms with Crippen molar-refractivity contribution >= 4 is 23.5 Å². The Kier molecular flexibility index (Phi) is 5.65. The average molecular weight is 395 g/mol. The van der Waals surface area contributed by atoms with Crippen molar-refractivity contribution in [1.29, 1.82) is 0 Å². The van der Waals surface area contributed by atoms with Gasteiger partial charge in [0.25, 0.3) is 5.91 Å². The quantitative estimate of drug-likeness (QED) is 0.813. The fraction of sp³-hybridized carbons (Fsp3) is 0.389. The van der Waals surface area contributed by atoms with Crippen LogP contribution in [0.25, 0.3) is 0 Å². The molecular weight excluding hydrogens is 375 g/mol. The molecule has 1 aromatic heterocycles. The normalized spacial score (nSPS) is 16.1. The minimum absolute atomic E-state index is 0.00151. The van der Waals surface area contributed by atoms with Crippen molar-refractivity contribution in [3.63, 3.8) is 0 Å². The zero-order valence-electron chi connectivity index (χ0n) is 14.6. The Labute approximate surface area is 160 Å². The summed E-state index contributed by atoms with van der Waals surface area (Å²) in [5.41, 5.74) is 4.63. The van der Waals surface area contributed by atoms with Crippen molar-refractivity contribution in [3.05, 3.63) is 52.4 Å². The van der Waals surface area contributed by atoms with Gasteiger partial charge in [-0.1, -0.05) is 28.9 Å². The van der Waals surface area contributed by atoms with E-state index in [9.17, 15) is 9.59 Å². The highest BCUT2D eigenvalue weighted by molar-refractivity contribution is 6.30. The molecule has 1 saturated heterocycles. The molecule has 0 atom stereocenters. The van der Waals surface area contributed by atoms with Crippen LogP contribution in [-0.2, 0) is 13.0 Å². The molecule has 1 fully saturated rings. The number of aromatic nitrogens is 1. The SMILES string of the molecule is NC(=O)c1cc(CNC(=O)N2CCC(F)(Cc3ccc(Cl)cc3)CC2)on1. The van der Waals surface area contributed by atoms with Crippen molar-refractivity contribution in [2.24, 2.45) is 5.73 Å². The second-order valence-electron chi connectivity index (χ2n) is 6.64. The Morgan fingerprint density at radius 1 is 1.30 bits per heavy atom. The van der Waals surface area contributed by atoms with Crippen LogP contribution in [0.3, 0.4) is 0 Å². The second-order valence-corrected chi connectivity index (χ2v) is 7.08. The van der Waals surface area contributed by atoms with Crippen molar-refractivity contribution in [2.75, 3.05) is 13.1 Å². The molecule has 9 heteroatoms. The number of alkyl halides is 1. The Hall–Kier alpha value is -2.61. The van der Waals surface area contributed by atoms with Crippen LogP contribution < -0.4 is 11.1 Å². The lowest BCUT2D eigenvalue weighted by Gasteiger charge is -2.36. The number of amides is 3. The summed E-state index contributed by atoms with van der Waals surface area (Å²) in [6.07, 6.45) is 0.821. The number of carbonyl (C=O) groups is 2. The molecule has 27 heavy (non-hydrogen) atoms. The van der Waals surface area contributed by atoms with Crippen LogP contribution in [0.4, 0.5) is 9.18 Å². The molecule has 3 N–H and O–H groups in total. The number of nitrogens with one attached hydrogen (secondary N) is 1. The fourth-order valence-electron chi connectivity index (χ4n) is 3.04. The van der Waals surface area contributed by atoms with Crippen molar-refractivity contribution in [3.8, 4) is 0 Å². The van der Waals surface area contributed by atoms with Crippen LogP contribution in [-0.4, -0.2) is 40.8 Å². The highest BCUT2D eigenvalue weighted by atomic mass is 35.5. The summed E-state index contributed by atoms with van der Waals surface area (Å²) in [7, 11) is 0. The molecule has 0 saturated carbocycles. The van der Waals surface area contributed by atoms with E-state index in [4.69, 9.17) is 21.9 Å². The number of rotatable bonds is 5. The van der Waals surface area contributed by atoms with Crippen LogP contribution >= 0.6 is 11.6 Å². The fourth-order valence-corrected chi connectivity index (χ4v) is 3.17. The van der Waals surface area contributed by atoms with Gasteiger partial charge in [-0.05, 0) is 30.5 Å². The molecule has 0 unspecified atom stereocenters. The van der Waals surface area contributed by atoms with Gasteiger partial charge in [0.1, 0.15) is 5.67 Å². The zero-order chi connectivity index (χ0) is 19.4. The predicted octanol–water partition coefficient (Wildman–Crippen LogP) is 2.68. The number of hydrogen-bond acceptors (Lipinski definition) is 4. The molecule has 0 radical (unpaired) electrons. The lowest BCUT2D eigenvalue weighted by molar-refractivity contribution is 0.0711. The Balaban J connectivity index is 1.48. The highest BCUT2D eigenvalue weighted by Gasteiger charge is 2.36. The summed E-state index contributed by atoms with van der Waals surface area (Å²) in [5, 5.41) is 6.78. The molecule has 2 aromatic rings. The molecule has 3 rings (SSSR count). The lowest BCUT2D eigenvalue weighted by Crippen LogP contribution is -2.48. The lowest BCUT2D eigenvalue weighted by atomic mass is 9.87. The number of piperidine rings is 1. The largest absolute Gasteiger partial charge is 0.364 e. The third-order valence-electron chi connectivity index (χ3n) is 4.61. The van der Waals surface area contributed by atoms with E-state index in [1.165, 1.54) is 6.07 Å². The van der Waals surface area contributed by atoms with Gasteiger partial charge in [0, 0.05) is 30.6 Å². The van der Waals surface area contributed by atoms with Gasteiger partial charge in [0.2, 0.25) is 0 Å². The first-order valence-electron chi connectivity index (χ1n) is 8.56. The summed E-state index contributed by atoms with van der Waals surface area (Å²) in [5.74, 6) is -0.385. The number of hydrogen-bond donors (Lipinski definition) is 2. The number of likely N-dealkylation sites (tertiary alicyclic amines) is 1. The summed E-state index contributed by atoms with van der Waals surface area (Å²) >= 11 is 5.86. The number of primary amides is 1. The number of halogens is 2. The molecule has 0 spiro atoms. The van der Waals surface area contributed by atoms with Crippen LogP contribution in [0.5, 0.6) is 0 Å². The summed E-state index contributed by atoms with van der Waals surface area (Å²) in [6, 6.07) is 8.19. The molecule has 7 nitrogen and oxygen atoms in total. The van der Waals surface area contributed by atoms with E-state index in [2.05, 4.69) is 10.5 Å². The minimum atomic E-state index is -1.34. The molecule has 1 aliphatic rings. The third kappa shape index (κ3) is 4.97. The molecule has 3 amide bonds. The molecule has 0 bridgehead atoms. The predicted molar refractivity (Wildman–Crippen MR) is 97.1 cm³/mol. The first-order chi connectivity index (χ1) is 12.8. The number of benzene rings is 1. The van der Waals surface area contributed by atoms with E-state index < -0.39 is 11.6 Å². The highest BCUT2D eigenvalue weighted by Crippen LogP contribution is 2.30. The van der Waals surface area contributed by atoms with Gasteiger partial charge in [-0.15, -0.1) is 0 Å². The van der Waals surface area contributed by atoms with Crippen molar-refractivity contribution < 1.29 is 18.5 Å². The van der Waals surface area contributed by atoms with Gasteiger partial charge in [-0.2, -0.15) is 0 Å². The topological polar surface area (TPSA) is 101 Å². The maximum absolute atomic E-state index is 15.1. The van der Waals surface area contributed by atoms with Crippen LogP contribution in [0.1, 0.15) is 34.7 Å². The molecule has 144 valence electrons. The second kappa shape index (κ2) is 7.96. The molecule has 1 aromatic carbocycles. The number of carbonyl (C=O) groups excluding carboxylic acids is 2. The third-order valence-corrected chi connectivity index (χ3v) is 4.86. The van der Waals surface area contributed by atoms with Crippen LogP contribution in [0, 0.1) is 0 Å². The first kappa shape index (κ1) is 19.2. The maximum atomic E-state index is 15.1. The van der Waals surface area contributed by atoms with E-state index in [0.29, 0.717) is 30.3 Å². The number of urea groups is 1. The monoisotopic (exact) mass is 394 g/mol. The number of nitrogens with zero attached hydrogens (tertiary/aromatic N) is 2. The van der Waals surface area contributed by atoms with Crippen molar-refractivity contribution in [1.82, 2.24) is 15.4 Å². The Morgan fingerprint density at radius 3 is 2.56 bits per heavy atom. The van der Waals surface area contributed by atoms with Gasteiger partial charge in [-0.25, -0.2) is 9.18 Å². The van der Waals surface area contributed by atoms with Crippen molar-refractivity contribution in [2.45, 2.75) is 31.5 Å². The summed E-state index contributed by atoms with van der Waals surface area (Å²) in [4.78, 5) is 24.8. The van der Waals surface area contributed by atoms with E-state index in [1.807, 2.05) is 12.1 Å². The minimum Gasteiger partial charge on any atom is -0.364 e. The standard InChI is InChI=1S/C18H20ClFN4O3/c19-13-3-1-12(2-4-13)10-18(20)5-7-24(8-6-18)17(26)22-11-14-9-15(16(21)25)23-27-14/h1-4,9H,5-8,10-11H2,(H2,21,25)(H,22,26). The Morgan fingerprint density at radius 2 is 1.96 bits per heavy atom. The smallest absolute Gasteiger partial charge is 0.317 e. The van der Waals surface area contributed by atoms with E-state index in [1.54, 1.807) is 17.0 Å². The molecule has 2 heterocycles. The van der Waals surface area contributed by atoms with Gasteiger partial charge in [0.15, 0.2) is 11.5 Å². The average Bonchev–Trinajstić information content (AvgIpc) is 3.11. The van der Waals surface area contributed by atoms with Gasteiger partial charge >= 0.3 is 6.03 Å². The summed E-state index contributed by atoms with van der Waals surface area (Å²) < 4.78 is 20.0. The molecule has 0 aliphatic carbocycles. The maximum Gasteiger partial charge on any atom is 0.317 e. The van der Waals surface area contributed by atoms with E-state index in [-0.39, 0.29) is 31.1 Å². The Bertz CT molecular complexity index is 816. The molecular formula is C18H20ClFN4O3. The molecule has 1 aliphatic heterocycles. The summed E-state index contributed by atoms with van der Waals surface area (Å²) in [6.45, 7) is 0.707. The first-order valence-corrected chi connectivity index (χ1v) is 8.94. The van der Waals surface area contributed by atoms with Crippen LogP contribution in [0.2, 0.25) is 5.02 Å².